The summed E-state index contributed by atoms with van der Waals surface area (Å²) in [6.45, 7) is 9.52. The molecule has 3 aromatic carbocycles. The zero-order valence-electron chi connectivity index (χ0n) is 20.7. The largest absolute Gasteiger partial charge is 0.373 e. The molecule has 3 aromatic rings. The van der Waals surface area contributed by atoms with Crippen LogP contribution in [0.2, 0.25) is 0 Å². The van der Waals surface area contributed by atoms with Gasteiger partial charge in [-0.25, -0.2) is 0 Å². The minimum Gasteiger partial charge on any atom is -0.373 e. The number of hydrogen-bond acceptors (Lipinski definition) is 3. The number of aryl methyl sites for hydroxylation is 1. The fourth-order valence-electron chi connectivity index (χ4n) is 5.51. The van der Waals surface area contributed by atoms with E-state index >= 15 is 0 Å². The van der Waals surface area contributed by atoms with E-state index in [9.17, 15) is 0 Å². The van der Waals surface area contributed by atoms with E-state index in [1.165, 1.54) is 16.7 Å². The van der Waals surface area contributed by atoms with E-state index in [0.717, 1.165) is 32.4 Å². The van der Waals surface area contributed by atoms with Crippen LogP contribution in [0.3, 0.4) is 0 Å². The third kappa shape index (κ3) is 5.09. The van der Waals surface area contributed by atoms with Gasteiger partial charge in [-0.1, -0.05) is 72.8 Å². The maximum Gasteiger partial charge on any atom is 0.0991 e. The Bertz CT molecular complexity index is 1090. The van der Waals surface area contributed by atoms with Crippen molar-refractivity contribution in [3.8, 4) is 6.07 Å². The number of hydrogen-bond donors (Lipinski definition) is 0. The van der Waals surface area contributed by atoms with Gasteiger partial charge in [-0.2, -0.15) is 5.26 Å². The van der Waals surface area contributed by atoms with E-state index in [1.54, 1.807) is 0 Å². The highest BCUT2D eigenvalue weighted by Gasteiger charge is 2.48. The minimum absolute atomic E-state index is 0.0112. The Morgan fingerprint density at radius 1 is 0.971 bits per heavy atom. The average Bonchev–Trinajstić information content (AvgIpc) is 3.33. The third-order valence-electron chi connectivity index (χ3n) is 7.64. The maximum absolute atomic E-state index is 9.16. The molecule has 0 N–H and O–H groups in total. The van der Waals surface area contributed by atoms with E-state index in [-0.39, 0.29) is 17.1 Å². The molecule has 34 heavy (non-hydrogen) atoms. The Kier molecular flexibility index (Phi) is 7.51. The van der Waals surface area contributed by atoms with Crippen molar-refractivity contribution in [2.75, 3.05) is 19.7 Å². The van der Waals surface area contributed by atoms with Gasteiger partial charge in [0.1, 0.15) is 0 Å². The lowest BCUT2D eigenvalue weighted by Gasteiger charge is -2.41. The summed E-state index contributed by atoms with van der Waals surface area (Å²) in [6.07, 6.45) is 3.16. The van der Waals surface area contributed by atoms with Crippen molar-refractivity contribution in [1.29, 1.82) is 5.26 Å². The maximum atomic E-state index is 9.16. The molecule has 3 heteroatoms. The fraction of sp³-hybridized carbons (Fsp3) is 0.387. The van der Waals surface area contributed by atoms with Crippen LogP contribution < -0.4 is 0 Å². The number of rotatable bonds is 9. The summed E-state index contributed by atoms with van der Waals surface area (Å²) < 4.78 is 6.54. The van der Waals surface area contributed by atoms with Gasteiger partial charge in [-0.15, -0.1) is 0 Å². The van der Waals surface area contributed by atoms with Crippen molar-refractivity contribution in [2.24, 2.45) is 5.41 Å². The topological polar surface area (TPSA) is 36.3 Å². The zero-order chi connectivity index (χ0) is 24.0. The summed E-state index contributed by atoms with van der Waals surface area (Å²) in [7, 11) is 0. The monoisotopic (exact) mass is 452 g/mol. The van der Waals surface area contributed by atoms with Gasteiger partial charge in [0.2, 0.25) is 0 Å². The summed E-state index contributed by atoms with van der Waals surface area (Å²) >= 11 is 0. The molecule has 4 rings (SSSR count). The van der Waals surface area contributed by atoms with E-state index in [2.05, 4.69) is 105 Å². The molecule has 1 aliphatic heterocycles. The molecule has 1 saturated heterocycles. The van der Waals surface area contributed by atoms with Crippen molar-refractivity contribution < 1.29 is 4.74 Å². The van der Waals surface area contributed by atoms with E-state index in [1.807, 2.05) is 12.1 Å². The Morgan fingerprint density at radius 2 is 1.62 bits per heavy atom. The Morgan fingerprint density at radius 3 is 2.24 bits per heavy atom. The highest BCUT2D eigenvalue weighted by atomic mass is 16.5. The molecule has 176 valence electrons. The summed E-state index contributed by atoms with van der Waals surface area (Å²) in [5.74, 6) is 0. The smallest absolute Gasteiger partial charge is 0.0991 e. The SMILES string of the molecule is CCO[C@H](c1ccccc1)[C@]1(CCc2ccc(C#N)cc2)CCN(C(C)(C)c2ccccc2)C1. The number of benzene rings is 3. The molecular formula is C31H36N2O. The highest BCUT2D eigenvalue weighted by Crippen LogP contribution is 2.50. The highest BCUT2D eigenvalue weighted by molar-refractivity contribution is 5.32. The van der Waals surface area contributed by atoms with Crippen molar-refractivity contribution in [1.82, 2.24) is 4.90 Å². The molecular weight excluding hydrogens is 416 g/mol. The summed E-state index contributed by atoms with van der Waals surface area (Å²) in [6, 6.07) is 31.9. The molecule has 0 radical (unpaired) electrons. The number of nitriles is 1. The average molecular weight is 453 g/mol. The number of ether oxygens (including phenoxy) is 1. The lowest BCUT2D eigenvalue weighted by Crippen LogP contribution is -2.43. The number of nitrogens with zero attached hydrogens (tertiary/aromatic N) is 2. The molecule has 1 heterocycles. The molecule has 0 aliphatic carbocycles. The van der Waals surface area contributed by atoms with Crippen molar-refractivity contribution >= 4 is 0 Å². The van der Waals surface area contributed by atoms with Gasteiger partial charge in [0.15, 0.2) is 0 Å². The molecule has 0 amide bonds. The summed E-state index contributed by atoms with van der Waals surface area (Å²) in [5, 5.41) is 9.16. The van der Waals surface area contributed by atoms with Crippen LogP contribution in [0, 0.1) is 16.7 Å². The minimum atomic E-state index is -0.0507. The Balaban J connectivity index is 1.65. The normalized spacial score (nSPS) is 19.6. The van der Waals surface area contributed by atoms with Gasteiger partial charge in [0, 0.05) is 24.1 Å². The van der Waals surface area contributed by atoms with Crippen molar-refractivity contribution in [2.45, 2.75) is 51.7 Å². The lowest BCUT2D eigenvalue weighted by atomic mass is 9.73. The van der Waals surface area contributed by atoms with Gasteiger partial charge in [-0.05, 0) is 75.4 Å². The van der Waals surface area contributed by atoms with Crippen LogP contribution in [-0.2, 0) is 16.7 Å². The standard InChI is InChI=1S/C31H36N2O/c1-4-34-29(27-11-7-5-8-12-27)31(20-19-25-15-17-26(23-32)18-16-25)21-22-33(24-31)30(2,3)28-13-9-6-10-14-28/h5-18,29H,4,19-22,24H2,1-3H3/t29-,31-/m1/s1. The van der Waals surface area contributed by atoms with Gasteiger partial charge < -0.3 is 4.74 Å². The molecule has 0 aromatic heterocycles. The molecule has 3 nitrogen and oxygen atoms in total. The second-order valence-corrected chi connectivity index (χ2v) is 10.0. The van der Waals surface area contributed by atoms with Crippen LogP contribution in [0.1, 0.15) is 62.0 Å². The quantitative estimate of drug-likeness (QED) is 0.354. The number of likely N-dealkylation sites (tertiary alicyclic amines) is 1. The molecule has 1 aliphatic rings. The lowest BCUT2D eigenvalue weighted by molar-refractivity contribution is -0.0436. The van der Waals surface area contributed by atoms with Gasteiger partial charge in [0.25, 0.3) is 0 Å². The van der Waals surface area contributed by atoms with Crippen molar-refractivity contribution in [3.63, 3.8) is 0 Å². The van der Waals surface area contributed by atoms with Gasteiger partial charge >= 0.3 is 0 Å². The first kappa shape index (κ1) is 24.2. The molecule has 0 bridgehead atoms. The van der Waals surface area contributed by atoms with Gasteiger partial charge in [-0.3, -0.25) is 4.90 Å². The van der Waals surface area contributed by atoms with E-state index in [4.69, 9.17) is 10.00 Å². The zero-order valence-corrected chi connectivity index (χ0v) is 20.7. The predicted octanol–water partition coefficient (Wildman–Crippen LogP) is 6.90. The molecule has 0 unspecified atom stereocenters. The Labute approximate surface area is 205 Å². The molecule has 1 fully saturated rings. The van der Waals surface area contributed by atoms with Crippen LogP contribution in [0.15, 0.2) is 84.9 Å². The van der Waals surface area contributed by atoms with Crippen LogP contribution in [0.5, 0.6) is 0 Å². The molecule has 0 spiro atoms. The molecule has 2 atom stereocenters. The predicted molar refractivity (Wildman–Crippen MR) is 138 cm³/mol. The Hall–Kier alpha value is -2.93. The van der Waals surface area contributed by atoms with Gasteiger partial charge in [0.05, 0.1) is 17.7 Å². The van der Waals surface area contributed by atoms with E-state index in [0.29, 0.717) is 12.2 Å². The van der Waals surface area contributed by atoms with Crippen LogP contribution in [-0.4, -0.2) is 24.6 Å². The third-order valence-corrected chi connectivity index (χ3v) is 7.64. The van der Waals surface area contributed by atoms with Crippen molar-refractivity contribution in [3.05, 3.63) is 107 Å². The van der Waals surface area contributed by atoms with Crippen LogP contribution >= 0.6 is 0 Å². The first-order chi connectivity index (χ1) is 16.5. The first-order valence-corrected chi connectivity index (χ1v) is 12.4. The van der Waals surface area contributed by atoms with Crippen LogP contribution in [0.25, 0.3) is 0 Å². The van der Waals surface area contributed by atoms with E-state index < -0.39 is 0 Å². The molecule has 0 saturated carbocycles. The second kappa shape index (κ2) is 10.6. The fourth-order valence-corrected chi connectivity index (χ4v) is 5.51. The first-order valence-electron chi connectivity index (χ1n) is 12.4. The second-order valence-electron chi connectivity index (χ2n) is 10.0. The summed E-state index contributed by atoms with van der Waals surface area (Å²) in [5.41, 5.74) is 4.57. The summed E-state index contributed by atoms with van der Waals surface area (Å²) in [4.78, 5) is 2.65. The van der Waals surface area contributed by atoms with Crippen LogP contribution in [0.4, 0.5) is 0 Å².